The number of aromatic nitrogens is 3. The van der Waals surface area contributed by atoms with Crippen LogP contribution in [0.1, 0.15) is 42.9 Å². The van der Waals surface area contributed by atoms with E-state index in [4.69, 9.17) is 11.6 Å². The summed E-state index contributed by atoms with van der Waals surface area (Å²) in [5.74, 6) is 2.78. The van der Waals surface area contributed by atoms with Crippen molar-refractivity contribution in [3.8, 4) is 5.75 Å². The molecular formula is C20H28ClF2IN6O. The van der Waals surface area contributed by atoms with E-state index < -0.39 is 6.61 Å². The van der Waals surface area contributed by atoms with Crippen molar-refractivity contribution in [1.29, 1.82) is 0 Å². The molecule has 3 rings (SSSR count). The third-order valence-electron chi connectivity index (χ3n) is 4.96. The van der Waals surface area contributed by atoms with Crippen molar-refractivity contribution < 1.29 is 13.5 Å². The summed E-state index contributed by atoms with van der Waals surface area (Å²) in [5.41, 5.74) is 0.525. The first kappa shape index (κ1) is 25.6. The van der Waals surface area contributed by atoms with E-state index in [9.17, 15) is 8.78 Å². The van der Waals surface area contributed by atoms with Crippen molar-refractivity contribution in [1.82, 2.24) is 25.4 Å². The number of hydrogen-bond acceptors (Lipinski definition) is 4. The first-order valence-electron chi connectivity index (χ1n) is 10.2. The highest BCUT2D eigenvalue weighted by molar-refractivity contribution is 14.0. The number of benzene rings is 1. The number of fused-ring (bicyclic) bond motifs is 1. The SMILES string of the molecule is CN=C(NCCCc1nnc2n1CCCCC2)NCc1cc(Cl)ccc1OC(F)F.I. The lowest BCUT2D eigenvalue weighted by Gasteiger charge is -2.15. The largest absolute Gasteiger partial charge is 0.434 e. The number of ether oxygens (including phenoxy) is 1. The second-order valence-electron chi connectivity index (χ2n) is 7.08. The number of aliphatic imine (C=N–C) groups is 1. The van der Waals surface area contributed by atoms with Crippen molar-refractivity contribution >= 4 is 41.5 Å². The molecule has 7 nitrogen and oxygen atoms in total. The fraction of sp³-hybridized carbons (Fsp3) is 0.550. The smallest absolute Gasteiger partial charge is 0.387 e. The van der Waals surface area contributed by atoms with E-state index in [0.717, 1.165) is 37.5 Å². The highest BCUT2D eigenvalue weighted by Gasteiger charge is 2.14. The van der Waals surface area contributed by atoms with E-state index in [1.807, 2.05) is 0 Å². The molecule has 1 aliphatic rings. The van der Waals surface area contributed by atoms with Crippen LogP contribution in [0.3, 0.4) is 0 Å². The van der Waals surface area contributed by atoms with Crippen molar-refractivity contribution in [3.63, 3.8) is 0 Å². The number of aryl methyl sites for hydroxylation is 2. The minimum absolute atomic E-state index is 0. The Labute approximate surface area is 203 Å². The zero-order chi connectivity index (χ0) is 21.3. The quantitative estimate of drug-likeness (QED) is 0.216. The van der Waals surface area contributed by atoms with Crippen LogP contribution in [0.5, 0.6) is 5.75 Å². The molecule has 0 saturated carbocycles. The molecule has 0 radical (unpaired) electrons. The van der Waals surface area contributed by atoms with Gasteiger partial charge in [0.2, 0.25) is 0 Å². The van der Waals surface area contributed by atoms with Crippen LogP contribution in [-0.2, 0) is 25.9 Å². The molecule has 0 amide bonds. The molecule has 172 valence electrons. The Morgan fingerprint density at radius 3 is 2.87 bits per heavy atom. The second kappa shape index (κ2) is 13.0. The number of nitrogens with zero attached hydrogens (tertiary/aromatic N) is 4. The van der Waals surface area contributed by atoms with Crippen molar-refractivity contribution in [2.75, 3.05) is 13.6 Å². The summed E-state index contributed by atoms with van der Waals surface area (Å²) >= 11 is 5.98. The molecule has 1 aromatic carbocycles. The van der Waals surface area contributed by atoms with Gasteiger partial charge in [-0.15, -0.1) is 34.2 Å². The van der Waals surface area contributed by atoms with Gasteiger partial charge in [0.1, 0.15) is 17.4 Å². The number of guanidine groups is 1. The maximum atomic E-state index is 12.6. The van der Waals surface area contributed by atoms with E-state index in [-0.39, 0.29) is 36.3 Å². The number of halogens is 4. The van der Waals surface area contributed by atoms with E-state index in [0.29, 0.717) is 23.1 Å². The molecule has 0 bridgehead atoms. The van der Waals surface area contributed by atoms with Gasteiger partial charge < -0.3 is 19.9 Å². The van der Waals surface area contributed by atoms with Gasteiger partial charge in [0.25, 0.3) is 0 Å². The summed E-state index contributed by atoms with van der Waals surface area (Å²) in [6, 6.07) is 4.54. The lowest BCUT2D eigenvalue weighted by atomic mass is 10.2. The topological polar surface area (TPSA) is 76.4 Å². The number of nitrogens with one attached hydrogen (secondary N) is 2. The molecule has 2 N–H and O–H groups in total. The summed E-state index contributed by atoms with van der Waals surface area (Å²) in [4.78, 5) is 4.17. The van der Waals surface area contributed by atoms with Gasteiger partial charge in [-0.1, -0.05) is 18.0 Å². The van der Waals surface area contributed by atoms with Crippen molar-refractivity contribution in [3.05, 3.63) is 40.4 Å². The number of hydrogen-bond donors (Lipinski definition) is 2. The maximum Gasteiger partial charge on any atom is 0.387 e. The molecule has 2 aromatic rings. The molecule has 1 aliphatic heterocycles. The van der Waals surface area contributed by atoms with Crippen LogP contribution < -0.4 is 15.4 Å². The van der Waals surface area contributed by atoms with Gasteiger partial charge in [-0.2, -0.15) is 8.78 Å². The third kappa shape index (κ3) is 7.74. The summed E-state index contributed by atoms with van der Waals surface area (Å²) in [5, 5.41) is 15.4. The summed E-state index contributed by atoms with van der Waals surface area (Å²) < 4.78 is 32.0. The maximum absolute atomic E-state index is 12.6. The molecule has 1 aromatic heterocycles. The standard InChI is InChI=1S/C20H27ClF2N6O.HI/c1-24-20(26-13-14-12-15(21)8-9-16(14)30-19(22)23)25-10-5-7-18-28-27-17-6-3-2-4-11-29(17)18;/h8-9,12,19H,2-7,10-11,13H2,1H3,(H2,24,25,26);1H. The van der Waals surface area contributed by atoms with Gasteiger partial charge in [0, 0.05) is 50.1 Å². The molecular weight excluding hydrogens is 541 g/mol. The Morgan fingerprint density at radius 1 is 1.26 bits per heavy atom. The van der Waals surface area contributed by atoms with E-state index in [2.05, 4.69) is 35.1 Å². The van der Waals surface area contributed by atoms with Crippen LogP contribution in [0.15, 0.2) is 23.2 Å². The summed E-state index contributed by atoms with van der Waals surface area (Å²) in [6.07, 6.45) is 6.30. The van der Waals surface area contributed by atoms with Crippen LogP contribution in [0.4, 0.5) is 8.78 Å². The molecule has 0 atom stereocenters. The van der Waals surface area contributed by atoms with Gasteiger partial charge in [0.15, 0.2) is 5.96 Å². The molecule has 0 spiro atoms. The molecule has 0 fully saturated rings. The monoisotopic (exact) mass is 568 g/mol. The molecule has 31 heavy (non-hydrogen) atoms. The number of rotatable bonds is 8. The van der Waals surface area contributed by atoms with Crippen molar-refractivity contribution in [2.45, 2.75) is 58.2 Å². The van der Waals surface area contributed by atoms with Gasteiger partial charge in [-0.05, 0) is 37.5 Å². The normalized spacial score (nSPS) is 13.9. The predicted molar refractivity (Wildman–Crippen MR) is 128 cm³/mol. The average Bonchev–Trinajstić information content (AvgIpc) is 2.94. The number of alkyl halides is 2. The molecule has 0 saturated heterocycles. The van der Waals surface area contributed by atoms with Gasteiger partial charge in [-0.3, -0.25) is 4.99 Å². The van der Waals surface area contributed by atoms with Gasteiger partial charge in [0.05, 0.1) is 0 Å². The molecule has 11 heteroatoms. The van der Waals surface area contributed by atoms with E-state index in [1.54, 1.807) is 13.1 Å². The lowest BCUT2D eigenvalue weighted by Crippen LogP contribution is -2.37. The Balaban J connectivity index is 0.00000341. The molecule has 2 heterocycles. The minimum Gasteiger partial charge on any atom is -0.434 e. The fourth-order valence-electron chi connectivity index (χ4n) is 3.48. The lowest BCUT2D eigenvalue weighted by molar-refractivity contribution is -0.0504. The third-order valence-corrected chi connectivity index (χ3v) is 5.20. The zero-order valence-electron chi connectivity index (χ0n) is 17.4. The molecule has 0 aliphatic carbocycles. The second-order valence-corrected chi connectivity index (χ2v) is 7.52. The van der Waals surface area contributed by atoms with Crippen molar-refractivity contribution in [2.24, 2.45) is 4.99 Å². The van der Waals surface area contributed by atoms with Crippen LogP contribution in [-0.4, -0.2) is 40.9 Å². The van der Waals surface area contributed by atoms with Crippen LogP contribution in [0.2, 0.25) is 5.02 Å². The summed E-state index contributed by atoms with van der Waals surface area (Å²) in [6.45, 7) is -0.955. The summed E-state index contributed by atoms with van der Waals surface area (Å²) in [7, 11) is 1.66. The van der Waals surface area contributed by atoms with Crippen LogP contribution in [0.25, 0.3) is 0 Å². The minimum atomic E-state index is -2.89. The average molecular weight is 569 g/mol. The molecule has 0 unspecified atom stereocenters. The van der Waals surface area contributed by atoms with Gasteiger partial charge in [-0.25, -0.2) is 0 Å². The Bertz CT molecular complexity index is 864. The Hall–Kier alpha value is -1.69. The van der Waals surface area contributed by atoms with Crippen LogP contribution in [0, 0.1) is 0 Å². The predicted octanol–water partition coefficient (Wildman–Crippen LogP) is 4.18. The first-order chi connectivity index (χ1) is 14.6. The first-order valence-corrected chi connectivity index (χ1v) is 10.5. The Kier molecular flexibility index (Phi) is 10.7. The highest BCUT2D eigenvalue weighted by atomic mass is 127. The fourth-order valence-corrected chi connectivity index (χ4v) is 3.67. The zero-order valence-corrected chi connectivity index (χ0v) is 20.5. The van der Waals surface area contributed by atoms with Crippen LogP contribution >= 0.6 is 35.6 Å². The van der Waals surface area contributed by atoms with E-state index >= 15 is 0 Å². The van der Waals surface area contributed by atoms with Gasteiger partial charge >= 0.3 is 6.61 Å². The highest BCUT2D eigenvalue weighted by Crippen LogP contribution is 2.24. The van der Waals surface area contributed by atoms with E-state index in [1.165, 1.54) is 31.4 Å². The Morgan fingerprint density at radius 2 is 2.10 bits per heavy atom.